The SMILES string of the molecule is Cc1cc(NC(=O)N2CCC(CN3CCCC(C)C3)CC2)ccc1Br. The molecular formula is C20H30BrN3O. The number of halogens is 1. The highest BCUT2D eigenvalue weighted by Crippen LogP contribution is 2.24. The molecule has 0 spiro atoms. The van der Waals surface area contributed by atoms with Gasteiger partial charge in [0, 0.05) is 36.3 Å². The number of rotatable bonds is 3. The fraction of sp³-hybridized carbons (Fsp3) is 0.650. The first-order valence-electron chi connectivity index (χ1n) is 9.55. The number of carbonyl (C=O) groups is 1. The van der Waals surface area contributed by atoms with E-state index in [0.29, 0.717) is 0 Å². The van der Waals surface area contributed by atoms with Crippen molar-refractivity contribution >= 4 is 27.6 Å². The third kappa shape index (κ3) is 5.20. The van der Waals surface area contributed by atoms with E-state index < -0.39 is 0 Å². The minimum atomic E-state index is 0.0340. The Labute approximate surface area is 160 Å². The van der Waals surface area contributed by atoms with Crippen molar-refractivity contribution in [1.82, 2.24) is 9.80 Å². The van der Waals surface area contributed by atoms with Crippen LogP contribution in [0.25, 0.3) is 0 Å². The van der Waals surface area contributed by atoms with Crippen LogP contribution in [0.4, 0.5) is 10.5 Å². The summed E-state index contributed by atoms with van der Waals surface area (Å²) >= 11 is 3.50. The molecule has 2 amide bonds. The Bertz CT molecular complexity index is 599. The Morgan fingerprint density at radius 3 is 2.68 bits per heavy atom. The first-order valence-corrected chi connectivity index (χ1v) is 10.3. The second-order valence-corrected chi connectivity index (χ2v) is 8.69. The van der Waals surface area contributed by atoms with Crippen molar-refractivity contribution in [1.29, 1.82) is 0 Å². The lowest BCUT2D eigenvalue weighted by Crippen LogP contribution is -2.44. The summed E-state index contributed by atoms with van der Waals surface area (Å²) in [5.41, 5.74) is 2.00. The maximum absolute atomic E-state index is 12.5. The van der Waals surface area contributed by atoms with Crippen LogP contribution in [0.2, 0.25) is 0 Å². The molecule has 5 heteroatoms. The van der Waals surface area contributed by atoms with E-state index in [1.165, 1.54) is 32.5 Å². The van der Waals surface area contributed by atoms with E-state index in [-0.39, 0.29) is 6.03 Å². The Morgan fingerprint density at radius 1 is 1.24 bits per heavy atom. The molecule has 4 nitrogen and oxygen atoms in total. The van der Waals surface area contributed by atoms with Gasteiger partial charge in [-0.3, -0.25) is 0 Å². The second-order valence-electron chi connectivity index (χ2n) is 7.83. The van der Waals surface area contributed by atoms with Crippen LogP contribution in [-0.2, 0) is 0 Å². The van der Waals surface area contributed by atoms with Gasteiger partial charge in [0.15, 0.2) is 0 Å². The molecule has 2 heterocycles. The largest absolute Gasteiger partial charge is 0.325 e. The van der Waals surface area contributed by atoms with E-state index in [0.717, 1.165) is 53.5 Å². The summed E-state index contributed by atoms with van der Waals surface area (Å²) in [4.78, 5) is 17.1. The van der Waals surface area contributed by atoms with Gasteiger partial charge in [-0.15, -0.1) is 0 Å². The quantitative estimate of drug-likeness (QED) is 0.785. The van der Waals surface area contributed by atoms with Crippen molar-refractivity contribution in [3.05, 3.63) is 28.2 Å². The van der Waals surface area contributed by atoms with Gasteiger partial charge in [-0.2, -0.15) is 0 Å². The number of aryl methyl sites for hydroxylation is 1. The van der Waals surface area contributed by atoms with Crippen LogP contribution in [0.3, 0.4) is 0 Å². The number of benzene rings is 1. The fourth-order valence-corrected chi connectivity index (χ4v) is 4.31. The molecule has 1 unspecified atom stereocenters. The number of urea groups is 1. The minimum absolute atomic E-state index is 0.0340. The Morgan fingerprint density at radius 2 is 2.00 bits per heavy atom. The normalized spacial score (nSPS) is 22.8. The monoisotopic (exact) mass is 407 g/mol. The molecule has 1 aromatic rings. The highest BCUT2D eigenvalue weighted by atomic mass is 79.9. The number of piperidine rings is 2. The van der Waals surface area contributed by atoms with Gasteiger partial charge >= 0.3 is 6.03 Å². The van der Waals surface area contributed by atoms with Crippen molar-refractivity contribution in [3.8, 4) is 0 Å². The predicted molar refractivity (Wildman–Crippen MR) is 107 cm³/mol. The Kier molecular flexibility index (Phi) is 6.39. The summed E-state index contributed by atoms with van der Waals surface area (Å²) < 4.78 is 1.07. The summed E-state index contributed by atoms with van der Waals surface area (Å²) in [7, 11) is 0. The third-order valence-electron chi connectivity index (χ3n) is 5.57. The maximum Gasteiger partial charge on any atom is 0.321 e. The average molecular weight is 408 g/mol. The molecule has 2 saturated heterocycles. The molecule has 1 aromatic carbocycles. The number of anilines is 1. The van der Waals surface area contributed by atoms with E-state index in [2.05, 4.69) is 33.1 Å². The highest BCUT2D eigenvalue weighted by molar-refractivity contribution is 9.10. The standard InChI is InChI=1S/C20H30BrN3O/c1-15-4-3-9-23(13-15)14-17-7-10-24(11-8-17)20(25)22-18-5-6-19(21)16(2)12-18/h5-6,12,15,17H,3-4,7-11,13-14H2,1-2H3,(H,22,25). The number of likely N-dealkylation sites (tertiary alicyclic amines) is 2. The fourth-order valence-electron chi connectivity index (χ4n) is 4.06. The van der Waals surface area contributed by atoms with Gasteiger partial charge in [-0.1, -0.05) is 22.9 Å². The lowest BCUT2D eigenvalue weighted by Gasteiger charge is -2.37. The number of hydrogen-bond acceptors (Lipinski definition) is 2. The number of nitrogens with zero attached hydrogens (tertiary/aromatic N) is 2. The number of amides is 2. The van der Waals surface area contributed by atoms with E-state index in [1.54, 1.807) is 0 Å². The van der Waals surface area contributed by atoms with Gasteiger partial charge in [0.25, 0.3) is 0 Å². The van der Waals surface area contributed by atoms with E-state index in [1.807, 2.05) is 30.0 Å². The zero-order valence-electron chi connectivity index (χ0n) is 15.4. The van der Waals surface area contributed by atoms with Crippen LogP contribution < -0.4 is 5.32 Å². The number of carbonyl (C=O) groups excluding carboxylic acids is 1. The molecule has 0 radical (unpaired) electrons. The average Bonchev–Trinajstić information content (AvgIpc) is 2.59. The van der Waals surface area contributed by atoms with E-state index >= 15 is 0 Å². The van der Waals surface area contributed by atoms with Gasteiger partial charge < -0.3 is 15.1 Å². The van der Waals surface area contributed by atoms with Gasteiger partial charge in [0.05, 0.1) is 0 Å². The zero-order valence-corrected chi connectivity index (χ0v) is 17.0. The molecule has 0 bridgehead atoms. The molecule has 25 heavy (non-hydrogen) atoms. The van der Waals surface area contributed by atoms with Crippen molar-refractivity contribution in [3.63, 3.8) is 0 Å². The summed E-state index contributed by atoms with van der Waals surface area (Å²) in [6.07, 6.45) is 4.97. The molecule has 0 saturated carbocycles. The van der Waals surface area contributed by atoms with Crippen LogP contribution in [-0.4, -0.2) is 48.6 Å². The molecule has 2 fully saturated rings. The zero-order chi connectivity index (χ0) is 17.8. The van der Waals surface area contributed by atoms with Gasteiger partial charge in [0.2, 0.25) is 0 Å². The molecule has 3 rings (SSSR count). The first kappa shape index (κ1) is 18.7. The van der Waals surface area contributed by atoms with Crippen molar-refractivity contribution < 1.29 is 4.79 Å². The van der Waals surface area contributed by atoms with Gasteiger partial charge in [-0.05, 0) is 74.8 Å². The molecule has 1 N–H and O–H groups in total. The van der Waals surface area contributed by atoms with Crippen LogP contribution in [0.5, 0.6) is 0 Å². The molecule has 0 aliphatic carbocycles. The molecule has 0 aromatic heterocycles. The van der Waals surface area contributed by atoms with Crippen LogP contribution in [0.15, 0.2) is 22.7 Å². The molecule has 2 aliphatic heterocycles. The van der Waals surface area contributed by atoms with Crippen LogP contribution >= 0.6 is 15.9 Å². The van der Waals surface area contributed by atoms with Gasteiger partial charge in [-0.25, -0.2) is 4.79 Å². The third-order valence-corrected chi connectivity index (χ3v) is 6.46. The minimum Gasteiger partial charge on any atom is -0.325 e. The predicted octanol–water partition coefficient (Wildman–Crippen LogP) is 4.73. The smallest absolute Gasteiger partial charge is 0.321 e. The van der Waals surface area contributed by atoms with Crippen LogP contribution in [0, 0.1) is 18.8 Å². The van der Waals surface area contributed by atoms with E-state index in [4.69, 9.17) is 0 Å². The molecule has 2 aliphatic rings. The molecule has 138 valence electrons. The number of hydrogen-bond donors (Lipinski definition) is 1. The first-order chi connectivity index (χ1) is 12.0. The Balaban J connectivity index is 1.45. The van der Waals surface area contributed by atoms with Crippen molar-refractivity contribution in [2.75, 3.05) is 38.0 Å². The maximum atomic E-state index is 12.5. The topological polar surface area (TPSA) is 35.6 Å². The van der Waals surface area contributed by atoms with Crippen molar-refractivity contribution in [2.45, 2.75) is 39.5 Å². The lowest BCUT2D eigenvalue weighted by atomic mass is 9.94. The Hall–Kier alpha value is -1.07. The highest BCUT2D eigenvalue weighted by Gasteiger charge is 2.26. The van der Waals surface area contributed by atoms with Gasteiger partial charge in [0.1, 0.15) is 0 Å². The van der Waals surface area contributed by atoms with E-state index in [9.17, 15) is 4.79 Å². The summed E-state index contributed by atoms with van der Waals surface area (Å²) in [6, 6.07) is 5.97. The molecule has 1 atom stereocenters. The number of nitrogens with one attached hydrogen (secondary N) is 1. The van der Waals surface area contributed by atoms with Crippen LogP contribution in [0.1, 0.15) is 38.2 Å². The lowest BCUT2D eigenvalue weighted by molar-refractivity contribution is 0.125. The summed E-state index contributed by atoms with van der Waals surface area (Å²) in [5.74, 6) is 1.58. The molecular weight excluding hydrogens is 378 g/mol. The van der Waals surface area contributed by atoms with Crippen molar-refractivity contribution in [2.24, 2.45) is 11.8 Å². The summed E-state index contributed by atoms with van der Waals surface area (Å²) in [6.45, 7) is 9.86. The summed E-state index contributed by atoms with van der Waals surface area (Å²) in [5, 5.41) is 3.04. The second kappa shape index (κ2) is 8.54.